The zero-order valence-electron chi connectivity index (χ0n) is 18.2. The Morgan fingerprint density at radius 1 is 0.897 bits per heavy atom. The molecule has 5 nitrogen and oxygen atoms in total. The lowest BCUT2D eigenvalue weighted by molar-refractivity contribution is -0.137. The van der Waals surface area contributed by atoms with Crippen molar-refractivity contribution >= 4 is 5.97 Å². The van der Waals surface area contributed by atoms with E-state index in [-0.39, 0.29) is 12.5 Å². The third-order valence-electron chi connectivity index (χ3n) is 4.28. The number of carboxylic acid groups (broad SMARTS) is 1. The van der Waals surface area contributed by atoms with E-state index in [4.69, 9.17) is 5.11 Å². The zero-order chi connectivity index (χ0) is 21.4. The smallest absolute Gasteiger partial charge is 0.303 e. The molecule has 0 aromatic heterocycles. The van der Waals surface area contributed by atoms with Crippen LogP contribution < -0.4 is 10.6 Å². The van der Waals surface area contributed by atoms with Gasteiger partial charge >= 0.3 is 5.97 Å². The molecule has 1 heterocycles. The molecule has 1 saturated heterocycles. The van der Waals surface area contributed by atoms with E-state index in [0.29, 0.717) is 6.42 Å². The largest absolute Gasteiger partial charge is 0.481 e. The number of aliphatic hydroxyl groups is 1. The summed E-state index contributed by atoms with van der Waals surface area (Å²) < 4.78 is 0. The van der Waals surface area contributed by atoms with Gasteiger partial charge in [-0.2, -0.15) is 0 Å². The standard InChI is InChI=1S/C20H32O3.C4H10N2/c1-2-3-13-16-19(21)17-14-11-9-7-5-4-6-8-10-12-15-18-20(22)23;1-2-6-4-3-5-1/h4-5,8-11,14,17,19,21H,2-3,6-7,12-13,15-16,18H2,1H3,(H,22,23);5-6H,1-4H2/b5-4+,10-8+,11-9+,17-14+;. The van der Waals surface area contributed by atoms with Gasteiger partial charge in [0.1, 0.15) is 0 Å². The summed E-state index contributed by atoms with van der Waals surface area (Å²) in [5, 5.41) is 24.6. The first-order valence-electron chi connectivity index (χ1n) is 11.1. The number of nitrogens with one attached hydrogen (secondary N) is 2. The molecule has 4 N–H and O–H groups in total. The molecule has 1 unspecified atom stereocenters. The first kappa shape index (κ1) is 27.3. The van der Waals surface area contributed by atoms with E-state index >= 15 is 0 Å². The maximum Gasteiger partial charge on any atom is 0.303 e. The van der Waals surface area contributed by atoms with E-state index in [9.17, 15) is 9.90 Å². The van der Waals surface area contributed by atoms with Crippen molar-refractivity contribution in [3.63, 3.8) is 0 Å². The Balaban J connectivity index is 0.00000110. The predicted octanol–water partition coefficient (Wildman–Crippen LogP) is 4.37. The second kappa shape index (κ2) is 22.6. The number of carbonyl (C=O) groups is 1. The maximum atomic E-state index is 10.3. The number of aliphatic hydroxyl groups excluding tert-OH is 1. The second-order valence-electron chi connectivity index (χ2n) is 7.08. The highest BCUT2D eigenvalue weighted by Gasteiger charge is 1.96. The van der Waals surface area contributed by atoms with Crippen LogP contribution in [0.15, 0.2) is 48.6 Å². The van der Waals surface area contributed by atoms with Crippen LogP contribution in [0.25, 0.3) is 0 Å². The fourth-order valence-electron chi connectivity index (χ4n) is 2.59. The molecule has 1 aliphatic rings. The van der Waals surface area contributed by atoms with E-state index in [2.05, 4.69) is 41.9 Å². The summed E-state index contributed by atoms with van der Waals surface area (Å²) in [7, 11) is 0. The lowest BCUT2D eigenvalue weighted by Gasteiger charge is -2.11. The van der Waals surface area contributed by atoms with Crippen LogP contribution >= 0.6 is 0 Å². The third kappa shape index (κ3) is 24.3. The van der Waals surface area contributed by atoms with Crippen LogP contribution in [-0.4, -0.2) is 48.5 Å². The third-order valence-corrected chi connectivity index (χ3v) is 4.28. The normalized spacial score (nSPS) is 15.9. The summed E-state index contributed by atoms with van der Waals surface area (Å²) in [6.07, 6.45) is 23.6. The average molecular weight is 407 g/mol. The minimum atomic E-state index is -0.729. The Morgan fingerprint density at radius 3 is 2.10 bits per heavy atom. The van der Waals surface area contributed by atoms with Crippen molar-refractivity contribution < 1.29 is 15.0 Å². The van der Waals surface area contributed by atoms with Crippen molar-refractivity contribution in [2.75, 3.05) is 26.2 Å². The van der Waals surface area contributed by atoms with Gasteiger partial charge in [-0.15, -0.1) is 0 Å². The molecule has 1 rings (SSSR count). The Kier molecular flexibility index (Phi) is 21.3. The van der Waals surface area contributed by atoms with Crippen LogP contribution in [0.2, 0.25) is 0 Å². The van der Waals surface area contributed by atoms with Crippen LogP contribution in [-0.2, 0) is 4.79 Å². The highest BCUT2D eigenvalue weighted by atomic mass is 16.4. The van der Waals surface area contributed by atoms with Crippen molar-refractivity contribution in [1.29, 1.82) is 0 Å². The Bertz CT molecular complexity index is 469. The van der Waals surface area contributed by atoms with Gasteiger partial charge < -0.3 is 20.8 Å². The number of hydrogen-bond donors (Lipinski definition) is 4. The molecule has 1 aliphatic heterocycles. The van der Waals surface area contributed by atoms with Gasteiger partial charge in [-0.05, 0) is 32.1 Å². The highest BCUT2D eigenvalue weighted by molar-refractivity contribution is 5.66. The fourth-order valence-corrected chi connectivity index (χ4v) is 2.59. The first-order valence-corrected chi connectivity index (χ1v) is 11.1. The van der Waals surface area contributed by atoms with Gasteiger partial charge in [0.25, 0.3) is 0 Å². The molecule has 166 valence electrons. The molecule has 0 radical (unpaired) electrons. The number of aliphatic carboxylic acids is 1. The molecule has 0 aromatic rings. The number of allylic oxidation sites excluding steroid dienone is 7. The van der Waals surface area contributed by atoms with Crippen LogP contribution in [0.5, 0.6) is 0 Å². The Labute approximate surface area is 177 Å². The number of piperazine rings is 1. The molecule has 5 heteroatoms. The van der Waals surface area contributed by atoms with Gasteiger partial charge in [0.2, 0.25) is 0 Å². The van der Waals surface area contributed by atoms with Crippen LogP contribution in [0.1, 0.15) is 64.7 Å². The van der Waals surface area contributed by atoms with Crippen LogP contribution in [0.4, 0.5) is 0 Å². The van der Waals surface area contributed by atoms with Crippen molar-refractivity contribution in [2.24, 2.45) is 0 Å². The molecule has 0 spiro atoms. The summed E-state index contributed by atoms with van der Waals surface area (Å²) in [5.74, 6) is -0.729. The zero-order valence-corrected chi connectivity index (χ0v) is 18.2. The van der Waals surface area contributed by atoms with Crippen molar-refractivity contribution in [3.8, 4) is 0 Å². The molecular formula is C24H42N2O3. The molecule has 0 saturated carbocycles. The van der Waals surface area contributed by atoms with Crippen LogP contribution in [0.3, 0.4) is 0 Å². The lowest BCUT2D eigenvalue weighted by Crippen LogP contribution is -2.39. The minimum Gasteiger partial charge on any atom is -0.481 e. The van der Waals surface area contributed by atoms with Gasteiger partial charge in [-0.3, -0.25) is 4.79 Å². The monoisotopic (exact) mass is 406 g/mol. The number of carboxylic acids is 1. The van der Waals surface area contributed by atoms with Crippen molar-refractivity contribution in [1.82, 2.24) is 10.6 Å². The summed E-state index contributed by atoms with van der Waals surface area (Å²) in [6, 6.07) is 0. The first-order chi connectivity index (χ1) is 14.2. The fraction of sp³-hybridized carbons (Fsp3) is 0.625. The van der Waals surface area contributed by atoms with E-state index < -0.39 is 5.97 Å². The van der Waals surface area contributed by atoms with E-state index in [1.54, 1.807) is 0 Å². The van der Waals surface area contributed by atoms with Crippen molar-refractivity contribution in [2.45, 2.75) is 70.8 Å². The Morgan fingerprint density at radius 2 is 1.52 bits per heavy atom. The van der Waals surface area contributed by atoms with E-state index in [1.165, 1.54) is 12.8 Å². The van der Waals surface area contributed by atoms with Gasteiger partial charge in [0, 0.05) is 32.6 Å². The minimum absolute atomic E-state index is 0.242. The van der Waals surface area contributed by atoms with Crippen molar-refractivity contribution in [3.05, 3.63) is 48.6 Å². The maximum absolute atomic E-state index is 10.3. The lowest BCUT2D eigenvalue weighted by atomic mass is 10.1. The molecule has 0 amide bonds. The topological polar surface area (TPSA) is 81.6 Å². The molecule has 0 aliphatic carbocycles. The quantitative estimate of drug-likeness (QED) is 0.196. The number of rotatable bonds is 14. The molecule has 0 aromatic carbocycles. The molecule has 0 bridgehead atoms. The van der Waals surface area contributed by atoms with Crippen LogP contribution in [0, 0.1) is 0 Å². The average Bonchev–Trinajstić information content (AvgIpc) is 2.73. The number of hydrogen-bond acceptors (Lipinski definition) is 4. The van der Waals surface area contributed by atoms with Gasteiger partial charge in [0.05, 0.1) is 6.10 Å². The molecule has 1 fully saturated rings. The summed E-state index contributed by atoms with van der Waals surface area (Å²) >= 11 is 0. The summed E-state index contributed by atoms with van der Waals surface area (Å²) in [6.45, 7) is 6.72. The summed E-state index contributed by atoms with van der Waals surface area (Å²) in [5.41, 5.74) is 0. The van der Waals surface area contributed by atoms with E-state index in [1.807, 2.05) is 24.3 Å². The number of unbranched alkanes of at least 4 members (excludes halogenated alkanes) is 3. The SMILES string of the molecule is C1CNCCN1.CCCCCC(O)/C=C/C=C/C/C=C/C/C=C/CCCC(=O)O. The van der Waals surface area contributed by atoms with Gasteiger partial charge in [-0.25, -0.2) is 0 Å². The molecule has 29 heavy (non-hydrogen) atoms. The highest BCUT2D eigenvalue weighted by Crippen LogP contribution is 2.04. The van der Waals surface area contributed by atoms with E-state index in [0.717, 1.165) is 58.3 Å². The van der Waals surface area contributed by atoms with Gasteiger partial charge in [-0.1, -0.05) is 74.8 Å². The summed E-state index contributed by atoms with van der Waals surface area (Å²) in [4.78, 5) is 10.3. The Hall–Kier alpha value is -1.69. The molecular weight excluding hydrogens is 364 g/mol. The predicted molar refractivity (Wildman–Crippen MR) is 123 cm³/mol. The second-order valence-corrected chi connectivity index (χ2v) is 7.08. The van der Waals surface area contributed by atoms with Gasteiger partial charge in [0.15, 0.2) is 0 Å². The molecule has 1 atom stereocenters.